The van der Waals surface area contributed by atoms with Crippen LogP contribution in [0.15, 0.2) is 0 Å². The van der Waals surface area contributed by atoms with Gasteiger partial charge >= 0.3 is 0 Å². The summed E-state index contributed by atoms with van der Waals surface area (Å²) in [4.78, 5) is 15.0. The molecule has 2 aliphatic rings. The molecule has 0 aromatic rings. The standard InChI is InChI=1S/C17H32N2O/c1-4-9-15-18-17(11-6-7-12-17)16(20)19(15)13-8-5-10-14(2)3/h14-15,18H,4-13H2,1-3H3. The first-order chi connectivity index (χ1) is 9.59. The molecule has 0 radical (unpaired) electrons. The average molecular weight is 280 g/mol. The molecule has 1 unspecified atom stereocenters. The Morgan fingerprint density at radius 3 is 2.60 bits per heavy atom. The van der Waals surface area contributed by atoms with Crippen LogP contribution >= 0.6 is 0 Å². The van der Waals surface area contributed by atoms with Gasteiger partial charge in [-0.05, 0) is 31.6 Å². The normalized spacial score (nSPS) is 25.3. The van der Waals surface area contributed by atoms with Crippen LogP contribution in [0.3, 0.4) is 0 Å². The first kappa shape index (κ1) is 15.8. The Morgan fingerprint density at radius 1 is 1.30 bits per heavy atom. The number of hydrogen-bond donors (Lipinski definition) is 1. The second-order valence-corrected chi connectivity index (χ2v) is 7.13. The monoisotopic (exact) mass is 280 g/mol. The van der Waals surface area contributed by atoms with E-state index in [1.54, 1.807) is 0 Å². The molecule has 3 nitrogen and oxygen atoms in total. The molecule has 1 heterocycles. The fourth-order valence-corrected chi connectivity index (χ4v) is 3.81. The molecule has 3 heteroatoms. The third-order valence-corrected chi connectivity index (χ3v) is 4.94. The van der Waals surface area contributed by atoms with Crippen molar-refractivity contribution in [3.05, 3.63) is 0 Å². The number of carbonyl (C=O) groups is 1. The molecule has 1 aliphatic carbocycles. The summed E-state index contributed by atoms with van der Waals surface area (Å²) in [5.41, 5.74) is -0.183. The molecular weight excluding hydrogens is 248 g/mol. The van der Waals surface area contributed by atoms with Gasteiger partial charge in [-0.1, -0.05) is 52.9 Å². The Hall–Kier alpha value is -0.570. The van der Waals surface area contributed by atoms with Gasteiger partial charge in [0, 0.05) is 6.54 Å². The first-order valence-corrected chi connectivity index (χ1v) is 8.68. The van der Waals surface area contributed by atoms with Crippen molar-refractivity contribution in [2.24, 2.45) is 5.92 Å². The third kappa shape index (κ3) is 3.36. The quantitative estimate of drug-likeness (QED) is 0.721. The van der Waals surface area contributed by atoms with Crippen molar-refractivity contribution < 1.29 is 4.79 Å². The lowest BCUT2D eigenvalue weighted by molar-refractivity contribution is -0.133. The lowest BCUT2D eigenvalue weighted by Gasteiger charge is -2.24. The Labute approximate surface area is 124 Å². The number of nitrogens with zero attached hydrogens (tertiary/aromatic N) is 1. The first-order valence-electron chi connectivity index (χ1n) is 8.68. The molecule has 1 amide bonds. The van der Waals surface area contributed by atoms with Crippen molar-refractivity contribution in [3.63, 3.8) is 0 Å². The van der Waals surface area contributed by atoms with Gasteiger partial charge in [0.05, 0.1) is 11.7 Å². The van der Waals surface area contributed by atoms with Crippen molar-refractivity contribution in [3.8, 4) is 0 Å². The van der Waals surface area contributed by atoms with E-state index in [0.717, 1.165) is 44.6 Å². The zero-order chi connectivity index (χ0) is 14.6. The molecule has 0 bridgehead atoms. The van der Waals surface area contributed by atoms with Crippen LogP contribution in [-0.4, -0.2) is 29.1 Å². The summed E-state index contributed by atoms with van der Waals surface area (Å²) in [6.45, 7) is 7.71. The second kappa shape index (κ2) is 6.93. The van der Waals surface area contributed by atoms with Gasteiger partial charge in [0.15, 0.2) is 0 Å². The molecule has 116 valence electrons. The van der Waals surface area contributed by atoms with E-state index in [9.17, 15) is 4.79 Å². The fourth-order valence-electron chi connectivity index (χ4n) is 3.81. The number of nitrogens with one attached hydrogen (secondary N) is 1. The van der Waals surface area contributed by atoms with Gasteiger partial charge in [0.2, 0.25) is 5.91 Å². The van der Waals surface area contributed by atoms with Crippen LogP contribution in [0.4, 0.5) is 0 Å². The van der Waals surface area contributed by atoms with Crippen LogP contribution in [0.5, 0.6) is 0 Å². The number of amides is 1. The van der Waals surface area contributed by atoms with Crippen molar-refractivity contribution in [1.29, 1.82) is 0 Å². The molecule has 1 spiro atoms. The summed E-state index contributed by atoms with van der Waals surface area (Å²) in [7, 11) is 0. The molecular formula is C17H32N2O. The highest BCUT2D eigenvalue weighted by molar-refractivity contribution is 5.89. The molecule has 20 heavy (non-hydrogen) atoms. The van der Waals surface area contributed by atoms with Gasteiger partial charge in [-0.25, -0.2) is 0 Å². The maximum Gasteiger partial charge on any atom is 0.244 e. The summed E-state index contributed by atoms with van der Waals surface area (Å²) in [6.07, 6.45) is 10.7. The maximum atomic E-state index is 12.8. The van der Waals surface area contributed by atoms with Crippen molar-refractivity contribution >= 4 is 5.91 Å². The SMILES string of the molecule is CCCC1NC2(CCCC2)C(=O)N1CCCCC(C)C. The Morgan fingerprint density at radius 2 is 2.00 bits per heavy atom. The number of carbonyl (C=O) groups excluding carboxylic acids is 1. The van der Waals surface area contributed by atoms with E-state index in [-0.39, 0.29) is 5.54 Å². The Kier molecular flexibility index (Phi) is 5.48. The van der Waals surface area contributed by atoms with Crippen LogP contribution < -0.4 is 5.32 Å². The molecule has 1 atom stereocenters. The molecule has 1 N–H and O–H groups in total. The Bertz CT molecular complexity index is 321. The van der Waals surface area contributed by atoms with Crippen LogP contribution in [0.2, 0.25) is 0 Å². The minimum absolute atomic E-state index is 0.183. The summed E-state index contributed by atoms with van der Waals surface area (Å²) >= 11 is 0. The van der Waals surface area contributed by atoms with E-state index in [0.29, 0.717) is 12.1 Å². The zero-order valence-electron chi connectivity index (χ0n) is 13.6. The molecule has 1 saturated heterocycles. The van der Waals surface area contributed by atoms with Gasteiger partial charge in [0.1, 0.15) is 0 Å². The number of unbranched alkanes of at least 4 members (excludes halogenated alkanes) is 1. The topological polar surface area (TPSA) is 32.3 Å². The largest absolute Gasteiger partial charge is 0.326 e. The molecule has 2 fully saturated rings. The minimum Gasteiger partial charge on any atom is -0.326 e. The predicted octanol–water partition coefficient (Wildman–Crippen LogP) is 3.68. The summed E-state index contributed by atoms with van der Waals surface area (Å²) in [6, 6.07) is 0. The highest BCUT2D eigenvalue weighted by Crippen LogP contribution is 2.37. The molecule has 1 saturated carbocycles. The highest BCUT2D eigenvalue weighted by Gasteiger charge is 2.51. The molecule has 0 aromatic heterocycles. The summed E-state index contributed by atoms with van der Waals surface area (Å²) < 4.78 is 0. The van der Waals surface area contributed by atoms with E-state index >= 15 is 0 Å². The van der Waals surface area contributed by atoms with E-state index in [4.69, 9.17) is 0 Å². The molecule has 2 rings (SSSR count). The maximum absolute atomic E-state index is 12.8. The lowest BCUT2D eigenvalue weighted by atomic mass is 9.98. The van der Waals surface area contributed by atoms with Crippen LogP contribution in [0.1, 0.15) is 78.6 Å². The van der Waals surface area contributed by atoms with Crippen LogP contribution in [-0.2, 0) is 4.79 Å². The van der Waals surface area contributed by atoms with Crippen LogP contribution in [0, 0.1) is 5.92 Å². The smallest absolute Gasteiger partial charge is 0.244 e. The number of rotatable bonds is 7. The zero-order valence-corrected chi connectivity index (χ0v) is 13.6. The summed E-state index contributed by atoms with van der Waals surface area (Å²) in [5.74, 6) is 1.17. The number of hydrogen-bond acceptors (Lipinski definition) is 2. The third-order valence-electron chi connectivity index (χ3n) is 4.94. The van der Waals surface area contributed by atoms with E-state index in [2.05, 4.69) is 31.0 Å². The Balaban J connectivity index is 1.91. The van der Waals surface area contributed by atoms with Gasteiger partial charge in [-0.3, -0.25) is 10.1 Å². The van der Waals surface area contributed by atoms with Crippen molar-refractivity contribution in [1.82, 2.24) is 10.2 Å². The van der Waals surface area contributed by atoms with E-state index in [1.807, 2.05) is 0 Å². The predicted molar refractivity (Wildman–Crippen MR) is 83.4 cm³/mol. The van der Waals surface area contributed by atoms with E-state index in [1.165, 1.54) is 25.7 Å². The van der Waals surface area contributed by atoms with E-state index < -0.39 is 0 Å². The van der Waals surface area contributed by atoms with Gasteiger partial charge < -0.3 is 4.90 Å². The average Bonchev–Trinajstić information content (AvgIpc) is 2.96. The molecule has 0 aromatic carbocycles. The van der Waals surface area contributed by atoms with Gasteiger partial charge in [-0.15, -0.1) is 0 Å². The fraction of sp³-hybridized carbons (Fsp3) is 0.941. The minimum atomic E-state index is -0.183. The van der Waals surface area contributed by atoms with Crippen molar-refractivity contribution in [2.75, 3.05) is 6.54 Å². The summed E-state index contributed by atoms with van der Waals surface area (Å²) in [5, 5.41) is 3.69. The highest BCUT2D eigenvalue weighted by atomic mass is 16.2. The van der Waals surface area contributed by atoms with Gasteiger partial charge in [-0.2, -0.15) is 0 Å². The molecule has 1 aliphatic heterocycles. The van der Waals surface area contributed by atoms with Crippen LogP contribution in [0.25, 0.3) is 0 Å². The second-order valence-electron chi connectivity index (χ2n) is 7.13. The van der Waals surface area contributed by atoms with Crippen molar-refractivity contribution in [2.45, 2.75) is 90.3 Å². The van der Waals surface area contributed by atoms with Gasteiger partial charge in [0.25, 0.3) is 0 Å². The lowest BCUT2D eigenvalue weighted by Crippen LogP contribution is -2.44.